The van der Waals surface area contributed by atoms with Crippen LogP contribution in [0, 0.1) is 11.8 Å². The molecule has 0 aromatic rings. The predicted molar refractivity (Wildman–Crippen MR) is 174 cm³/mol. The molecule has 0 aromatic carbocycles. The van der Waals surface area contributed by atoms with E-state index in [-0.39, 0.29) is 36.9 Å². The minimum atomic E-state index is -1.14. The van der Waals surface area contributed by atoms with E-state index in [1.165, 1.54) is 6.92 Å². The summed E-state index contributed by atoms with van der Waals surface area (Å²) in [6.07, 6.45) is 7.37. The highest BCUT2D eigenvalue weighted by atomic mass is 16.7. The van der Waals surface area contributed by atoms with Crippen molar-refractivity contribution in [1.82, 2.24) is 9.96 Å². The third-order valence-corrected chi connectivity index (χ3v) is 9.44. The molecule has 0 radical (unpaired) electrons. The average Bonchev–Trinajstić information content (AvgIpc) is 3.74. The fourth-order valence-electron chi connectivity index (χ4n) is 6.24. The van der Waals surface area contributed by atoms with Gasteiger partial charge in [-0.3, -0.25) is 14.4 Å². The van der Waals surface area contributed by atoms with Crippen molar-refractivity contribution in [2.24, 2.45) is 11.8 Å². The number of carbonyl (C=O) groups is 2. The molecular weight excluding hydrogens is 592 g/mol. The number of carbonyl (C=O) groups excluding carboxylic acids is 2. The van der Waals surface area contributed by atoms with E-state index in [9.17, 15) is 24.9 Å². The van der Waals surface area contributed by atoms with Crippen LogP contribution in [0.25, 0.3) is 0 Å². The van der Waals surface area contributed by atoms with Crippen molar-refractivity contribution in [2.45, 2.75) is 128 Å². The lowest BCUT2D eigenvalue weighted by Crippen LogP contribution is -2.53. The van der Waals surface area contributed by atoms with E-state index in [1.807, 2.05) is 45.8 Å². The zero-order chi connectivity index (χ0) is 34.2. The molecule has 10 unspecified atom stereocenters. The molecule has 11 heteroatoms. The van der Waals surface area contributed by atoms with Gasteiger partial charge >= 0.3 is 11.9 Å². The number of hydroxylamine groups is 2. The molecule has 10 atom stereocenters. The van der Waals surface area contributed by atoms with Crippen LogP contribution in [0.15, 0.2) is 36.0 Å². The summed E-state index contributed by atoms with van der Waals surface area (Å²) < 4.78 is 17.4. The number of aliphatic hydroxyl groups is 3. The molecule has 3 heterocycles. The minimum Gasteiger partial charge on any atom is -0.457 e. The molecule has 0 spiro atoms. The topological polar surface area (TPSA) is 142 Å². The summed E-state index contributed by atoms with van der Waals surface area (Å²) in [6.45, 7) is 15.7. The molecule has 0 aromatic heterocycles. The molecule has 0 amide bonds. The van der Waals surface area contributed by atoms with Gasteiger partial charge in [0.05, 0.1) is 36.4 Å². The van der Waals surface area contributed by atoms with Crippen LogP contribution in [0.3, 0.4) is 0 Å². The van der Waals surface area contributed by atoms with Gasteiger partial charge in [-0.2, -0.15) is 5.06 Å². The van der Waals surface area contributed by atoms with Gasteiger partial charge in [-0.05, 0) is 58.7 Å². The van der Waals surface area contributed by atoms with E-state index in [4.69, 9.17) is 19.0 Å². The Hall–Kier alpha value is -2.12. The second-order valence-electron chi connectivity index (χ2n) is 14.0. The van der Waals surface area contributed by atoms with E-state index in [2.05, 4.69) is 11.9 Å². The highest BCUT2D eigenvalue weighted by Gasteiger charge is 2.47. The molecule has 2 fully saturated rings. The second-order valence-corrected chi connectivity index (χ2v) is 14.0. The number of hydrogen-bond donors (Lipinski definition) is 3. The standard InChI is InChI=1S/C35H58N2O9/c1-9-28(40)25(4)33-29(44-33)22-34(6,42)15-10-11-23(2)32-24(3)12-13-30(43-26(5)38)35(7,16-14-27(39)21-31(41)45-32)46-37-19-17-36(8)18-20-37/h10-13,15,24-25,27-30,32-33,39-40,42H,9,14,16-22H2,1-8H3/b13-12+,15-10+,23-11+. The number of hydrogen-bond acceptors (Lipinski definition) is 11. The molecule has 262 valence electrons. The summed E-state index contributed by atoms with van der Waals surface area (Å²) in [7, 11) is 2.06. The summed E-state index contributed by atoms with van der Waals surface area (Å²) in [4.78, 5) is 33.9. The number of cyclic esters (lactones) is 1. The lowest BCUT2D eigenvalue weighted by atomic mass is 9.88. The number of nitrogens with zero attached hydrogens (tertiary/aromatic N) is 2. The smallest absolute Gasteiger partial charge is 0.309 e. The summed E-state index contributed by atoms with van der Waals surface area (Å²) >= 11 is 0. The zero-order valence-electron chi connectivity index (χ0n) is 29.1. The number of aliphatic hydroxyl groups excluding tert-OH is 2. The van der Waals surface area contributed by atoms with Gasteiger partial charge in [0.15, 0.2) is 6.10 Å². The van der Waals surface area contributed by atoms with Crippen molar-refractivity contribution in [3.05, 3.63) is 36.0 Å². The first-order chi connectivity index (χ1) is 21.5. The lowest BCUT2D eigenvalue weighted by Gasteiger charge is -2.42. The summed E-state index contributed by atoms with van der Waals surface area (Å²) in [5.41, 5.74) is -1.38. The van der Waals surface area contributed by atoms with Crippen molar-refractivity contribution >= 4 is 11.9 Å². The Morgan fingerprint density at radius 3 is 2.54 bits per heavy atom. The van der Waals surface area contributed by atoms with Gasteiger partial charge in [0, 0.05) is 51.4 Å². The van der Waals surface area contributed by atoms with Gasteiger partial charge in [-0.1, -0.05) is 45.1 Å². The highest BCUT2D eigenvalue weighted by Crippen LogP contribution is 2.38. The number of likely N-dealkylation sites (N-methyl/N-ethyl adjacent to an activating group) is 1. The molecule has 3 aliphatic rings. The second kappa shape index (κ2) is 16.8. The SMILES string of the molecule is CCC(O)C(C)C1OC1CC(C)(O)/C=C/C=C(\C)C1OC(=O)CC(O)CCC(C)(ON2CCN(C)CC2)C(OC(C)=O)/C=C/C1C. The molecule has 46 heavy (non-hydrogen) atoms. The Balaban J connectivity index is 1.79. The van der Waals surface area contributed by atoms with Gasteiger partial charge < -0.3 is 34.4 Å². The fourth-order valence-corrected chi connectivity index (χ4v) is 6.24. The predicted octanol–water partition coefficient (Wildman–Crippen LogP) is 3.32. The minimum absolute atomic E-state index is 0.00239. The number of ether oxygens (including phenoxy) is 3. The van der Waals surface area contributed by atoms with Crippen LogP contribution in [0.1, 0.15) is 80.6 Å². The number of esters is 2. The monoisotopic (exact) mass is 650 g/mol. The number of piperazine rings is 1. The fraction of sp³-hybridized carbons (Fsp3) is 0.771. The Bertz CT molecular complexity index is 1100. The Morgan fingerprint density at radius 1 is 1.24 bits per heavy atom. The highest BCUT2D eigenvalue weighted by molar-refractivity contribution is 5.70. The van der Waals surface area contributed by atoms with Crippen LogP contribution in [0.5, 0.6) is 0 Å². The van der Waals surface area contributed by atoms with Crippen molar-refractivity contribution in [3.63, 3.8) is 0 Å². The number of rotatable bonds is 11. The Kier molecular flexibility index (Phi) is 14.0. The van der Waals surface area contributed by atoms with Crippen LogP contribution >= 0.6 is 0 Å². The van der Waals surface area contributed by atoms with E-state index < -0.39 is 47.6 Å². The molecule has 3 rings (SSSR count). The summed E-state index contributed by atoms with van der Waals surface area (Å²) in [5.74, 6) is -1.28. The van der Waals surface area contributed by atoms with Crippen molar-refractivity contribution in [1.29, 1.82) is 0 Å². The van der Waals surface area contributed by atoms with E-state index in [0.717, 1.165) is 18.7 Å². The van der Waals surface area contributed by atoms with E-state index in [0.29, 0.717) is 32.4 Å². The van der Waals surface area contributed by atoms with Crippen LogP contribution in [-0.2, 0) is 28.6 Å². The average molecular weight is 651 g/mol. The maximum Gasteiger partial charge on any atom is 0.309 e. The molecule has 3 N–H and O–H groups in total. The van der Waals surface area contributed by atoms with E-state index >= 15 is 0 Å². The maximum atomic E-state index is 13.0. The lowest BCUT2D eigenvalue weighted by molar-refractivity contribution is -0.277. The van der Waals surface area contributed by atoms with Crippen molar-refractivity contribution in [2.75, 3.05) is 33.2 Å². The van der Waals surface area contributed by atoms with Crippen LogP contribution in [0.4, 0.5) is 0 Å². The third-order valence-electron chi connectivity index (χ3n) is 9.44. The van der Waals surface area contributed by atoms with Crippen LogP contribution in [-0.4, -0.2) is 118 Å². The maximum absolute atomic E-state index is 13.0. The molecule has 2 saturated heterocycles. The van der Waals surface area contributed by atoms with Gasteiger partial charge in [-0.25, -0.2) is 0 Å². The van der Waals surface area contributed by atoms with E-state index in [1.54, 1.807) is 31.2 Å². The summed E-state index contributed by atoms with van der Waals surface area (Å²) in [6, 6.07) is 0. The normalized spacial score (nSPS) is 35.7. The number of allylic oxidation sites excluding steroid dienone is 2. The Morgan fingerprint density at radius 2 is 1.91 bits per heavy atom. The number of epoxide rings is 1. The molecule has 0 bridgehead atoms. The van der Waals surface area contributed by atoms with Crippen LogP contribution < -0.4 is 0 Å². The van der Waals surface area contributed by atoms with Gasteiger partial charge in [-0.15, -0.1) is 0 Å². The first-order valence-corrected chi connectivity index (χ1v) is 16.8. The first-order valence-electron chi connectivity index (χ1n) is 16.8. The quantitative estimate of drug-likeness (QED) is 0.131. The summed E-state index contributed by atoms with van der Waals surface area (Å²) in [5, 5.41) is 33.9. The van der Waals surface area contributed by atoms with Gasteiger partial charge in [0.1, 0.15) is 11.7 Å². The van der Waals surface area contributed by atoms with Crippen molar-refractivity contribution in [3.8, 4) is 0 Å². The van der Waals surface area contributed by atoms with Crippen molar-refractivity contribution < 1.29 is 44.0 Å². The molecule has 0 saturated carbocycles. The largest absolute Gasteiger partial charge is 0.457 e. The molecular formula is C35H58N2O9. The Labute approximate surface area is 275 Å². The molecule has 11 nitrogen and oxygen atoms in total. The molecule has 0 aliphatic carbocycles. The zero-order valence-corrected chi connectivity index (χ0v) is 29.1. The molecule has 3 aliphatic heterocycles. The third kappa shape index (κ3) is 11.5. The van der Waals surface area contributed by atoms with Gasteiger partial charge in [0.25, 0.3) is 0 Å². The van der Waals surface area contributed by atoms with Gasteiger partial charge in [0.2, 0.25) is 0 Å². The van der Waals surface area contributed by atoms with Crippen LogP contribution in [0.2, 0.25) is 0 Å². The first kappa shape index (κ1) is 38.3.